The summed E-state index contributed by atoms with van der Waals surface area (Å²) in [5.74, 6) is -0.619. The van der Waals surface area contributed by atoms with Crippen molar-refractivity contribution in [3.05, 3.63) is 76.5 Å². The SMILES string of the molecule is O=c1c2ccccc2c(F)nn1Cc1ccccc1. The molecule has 0 unspecified atom stereocenters. The standard InChI is InChI=1S/C15H11FN2O/c16-14-12-8-4-5-9-13(12)15(19)18(17-14)10-11-6-2-1-3-7-11/h1-9H,10H2. The first kappa shape index (κ1) is 11.6. The van der Waals surface area contributed by atoms with Crippen LogP contribution >= 0.6 is 0 Å². The molecule has 2 aromatic carbocycles. The molecular weight excluding hydrogens is 243 g/mol. The Hall–Kier alpha value is -2.49. The van der Waals surface area contributed by atoms with Crippen LogP contribution in [0, 0.1) is 5.95 Å². The number of hydrogen-bond acceptors (Lipinski definition) is 2. The summed E-state index contributed by atoms with van der Waals surface area (Å²) >= 11 is 0. The first-order chi connectivity index (χ1) is 9.25. The van der Waals surface area contributed by atoms with Crippen LogP contribution in [0.3, 0.4) is 0 Å². The van der Waals surface area contributed by atoms with Gasteiger partial charge in [0.05, 0.1) is 11.9 Å². The first-order valence-electron chi connectivity index (χ1n) is 5.95. The van der Waals surface area contributed by atoms with E-state index in [1.54, 1.807) is 24.3 Å². The molecule has 0 aliphatic carbocycles. The van der Waals surface area contributed by atoms with E-state index < -0.39 is 5.95 Å². The molecule has 0 aliphatic heterocycles. The number of rotatable bonds is 2. The Labute approximate surface area is 108 Å². The van der Waals surface area contributed by atoms with Crippen molar-refractivity contribution in [1.29, 1.82) is 0 Å². The molecule has 3 aromatic rings. The van der Waals surface area contributed by atoms with Crippen molar-refractivity contribution < 1.29 is 4.39 Å². The number of fused-ring (bicyclic) bond motifs is 1. The molecule has 4 heteroatoms. The summed E-state index contributed by atoms with van der Waals surface area (Å²) in [6, 6.07) is 16.0. The molecule has 0 amide bonds. The molecule has 0 bridgehead atoms. The van der Waals surface area contributed by atoms with Gasteiger partial charge in [0, 0.05) is 5.39 Å². The van der Waals surface area contributed by atoms with Crippen molar-refractivity contribution >= 4 is 10.8 Å². The second kappa shape index (κ2) is 4.65. The van der Waals surface area contributed by atoms with Crippen molar-refractivity contribution in [3.8, 4) is 0 Å². The van der Waals surface area contributed by atoms with E-state index >= 15 is 0 Å². The topological polar surface area (TPSA) is 34.9 Å². The van der Waals surface area contributed by atoms with Crippen molar-refractivity contribution in [2.75, 3.05) is 0 Å². The van der Waals surface area contributed by atoms with E-state index in [1.165, 1.54) is 0 Å². The van der Waals surface area contributed by atoms with Gasteiger partial charge in [-0.1, -0.05) is 42.5 Å². The normalized spacial score (nSPS) is 10.8. The molecule has 0 saturated heterocycles. The largest absolute Gasteiger partial charge is 0.275 e. The highest BCUT2D eigenvalue weighted by Gasteiger charge is 2.09. The maximum absolute atomic E-state index is 13.9. The highest BCUT2D eigenvalue weighted by atomic mass is 19.1. The maximum atomic E-state index is 13.9. The van der Waals surface area contributed by atoms with E-state index in [0.29, 0.717) is 5.39 Å². The second-order valence-electron chi connectivity index (χ2n) is 4.28. The smallest absolute Gasteiger partial charge is 0.267 e. The predicted octanol–water partition coefficient (Wildman–Crippen LogP) is 2.58. The van der Waals surface area contributed by atoms with Gasteiger partial charge in [0.1, 0.15) is 0 Å². The zero-order valence-electron chi connectivity index (χ0n) is 10.1. The molecule has 94 valence electrons. The van der Waals surface area contributed by atoms with Crippen LogP contribution in [0.1, 0.15) is 5.56 Å². The zero-order chi connectivity index (χ0) is 13.2. The number of halogens is 1. The van der Waals surface area contributed by atoms with Gasteiger partial charge < -0.3 is 0 Å². The maximum Gasteiger partial charge on any atom is 0.275 e. The van der Waals surface area contributed by atoms with E-state index in [2.05, 4.69) is 5.10 Å². The Balaban J connectivity index is 2.15. The third-order valence-electron chi connectivity index (χ3n) is 3.00. The summed E-state index contributed by atoms with van der Waals surface area (Å²) in [6.45, 7) is 0.265. The average Bonchev–Trinajstić information content (AvgIpc) is 2.46. The summed E-state index contributed by atoms with van der Waals surface area (Å²) < 4.78 is 15.0. The predicted molar refractivity (Wildman–Crippen MR) is 71.5 cm³/mol. The zero-order valence-corrected chi connectivity index (χ0v) is 10.1. The number of nitrogens with zero attached hydrogens (tertiary/aromatic N) is 2. The quantitative estimate of drug-likeness (QED) is 0.704. The van der Waals surface area contributed by atoms with Crippen molar-refractivity contribution in [2.45, 2.75) is 6.54 Å². The Bertz CT molecular complexity index is 781. The van der Waals surface area contributed by atoms with Gasteiger partial charge in [0.15, 0.2) is 0 Å². The van der Waals surface area contributed by atoms with Crippen LogP contribution in [0.25, 0.3) is 10.8 Å². The van der Waals surface area contributed by atoms with Gasteiger partial charge in [-0.15, -0.1) is 5.10 Å². The summed E-state index contributed by atoms with van der Waals surface area (Å²) in [5, 5.41) is 4.35. The van der Waals surface area contributed by atoms with Gasteiger partial charge in [-0.05, 0) is 17.7 Å². The summed E-state index contributed by atoms with van der Waals surface area (Å²) in [6.07, 6.45) is 0. The highest BCUT2D eigenvalue weighted by Crippen LogP contribution is 2.11. The van der Waals surface area contributed by atoms with E-state index in [4.69, 9.17) is 0 Å². The van der Waals surface area contributed by atoms with Crippen LogP contribution in [-0.4, -0.2) is 9.78 Å². The fraction of sp³-hybridized carbons (Fsp3) is 0.0667. The number of benzene rings is 2. The van der Waals surface area contributed by atoms with Gasteiger partial charge in [-0.2, -0.15) is 4.39 Å². The molecule has 3 nitrogen and oxygen atoms in total. The molecule has 0 N–H and O–H groups in total. The van der Waals surface area contributed by atoms with Crippen LogP contribution in [0.4, 0.5) is 4.39 Å². The molecule has 0 atom stereocenters. The minimum atomic E-state index is -0.619. The van der Waals surface area contributed by atoms with Gasteiger partial charge in [0.25, 0.3) is 5.56 Å². The lowest BCUT2D eigenvalue weighted by molar-refractivity contribution is 0.514. The minimum Gasteiger partial charge on any atom is -0.267 e. The summed E-state index contributed by atoms with van der Waals surface area (Å²) in [5.41, 5.74) is 0.632. The first-order valence-corrected chi connectivity index (χ1v) is 5.95. The average molecular weight is 254 g/mol. The highest BCUT2D eigenvalue weighted by molar-refractivity contribution is 5.80. The van der Waals surface area contributed by atoms with E-state index in [9.17, 15) is 9.18 Å². The lowest BCUT2D eigenvalue weighted by Gasteiger charge is -2.06. The van der Waals surface area contributed by atoms with Crippen LogP contribution in [0.15, 0.2) is 59.4 Å². The van der Waals surface area contributed by atoms with Gasteiger partial charge >= 0.3 is 0 Å². The van der Waals surface area contributed by atoms with Crippen molar-refractivity contribution in [2.24, 2.45) is 0 Å². The lowest BCUT2D eigenvalue weighted by atomic mass is 10.2. The van der Waals surface area contributed by atoms with Crippen molar-refractivity contribution in [3.63, 3.8) is 0 Å². The fourth-order valence-electron chi connectivity index (χ4n) is 2.06. The lowest BCUT2D eigenvalue weighted by Crippen LogP contribution is -2.24. The summed E-state index contributed by atoms with van der Waals surface area (Å²) in [7, 11) is 0. The van der Waals surface area contributed by atoms with Crippen LogP contribution < -0.4 is 5.56 Å². The molecule has 0 saturated carbocycles. The minimum absolute atomic E-state index is 0.261. The van der Waals surface area contributed by atoms with E-state index in [1.807, 2.05) is 30.3 Å². The molecule has 1 aromatic heterocycles. The van der Waals surface area contributed by atoms with Gasteiger partial charge in [-0.3, -0.25) is 4.79 Å². The third kappa shape index (κ3) is 2.12. The second-order valence-corrected chi connectivity index (χ2v) is 4.28. The molecule has 3 rings (SSSR count). The molecule has 19 heavy (non-hydrogen) atoms. The molecule has 0 fully saturated rings. The molecular formula is C15H11FN2O. The van der Waals surface area contributed by atoms with Gasteiger partial charge in [-0.25, -0.2) is 4.68 Å². The van der Waals surface area contributed by atoms with Crippen LogP contribution in [-0.2, 0) is 6.54 Å². The third-order valence-corrected chi connectivity index (χ3v) is 3.00. The van der Waals surface area contributed by atoms with Gasteiger partial charge in [0.2, 0.25) is 5.95 Å². The Morgan fingerprint density at radius 2 is 1.58 bits per heavy atom. The Morgan fingerprint density at radius 1 is 0.947 bits per heavy atom. The van der Waals surface area contributed by atoms with E-state index in [-0.39, 0.29) is 17.5 Å². The molecule has 1 heterocycles. The Morgan fingerprint density at radius 3 is 2.32 bits per heavy atom. The number of hydrogen-bond donors (Lipinski definition) is 0. The molecule has 0 aliphatic rings. The molecule has 0 radical (unpaired) electrons. The number of aromatic nitrogens is 2. The Kier molecular flexibility index (Phi) is 2.83. The van der Waals surface area contributed by atoms with Crippen molar-refractivity contribution in [1.82, 2.24) is 9.78 Å². The van der Waals surface area contributed by atoms with Crippen LogP contribution in [0.5, 0.6) is 0 Å². The van der Waals surface area contributed by atoms with Crippen LogP contribution in [0.2, 0.25) is 0 Å². The fourth-order valence-corrected chi connectivity index (χ4v) is 2.06. The summed E-state index contributed by atoms with van der Waals surface area (Å²) in [4.78, 5) is 12.2. The van der Waals surface area contributed by atoms with E-state index in [0.717, 1.165) is 10.2 Å². The molecule has 0 spiro atoms. The monoisotopic (exact) mass is 254 g/mol.